The maximum Gasteiger partial charge on any atom is 0.501 e. The highest BCUT2D eigenvalue weighted by Gasteiger charge is 2.46. The molecule has 2 aromatic carbocycles. The quantitative estimate of drug-likeness (QED) is 0.675. The van der Waals surface area contributed by atoms with Crippen LogP contribution in [0.1, 0.15) is 11.1 Å². The second-order valence-corrected chi connectivity index (χ2v) is 7.59. The lowest BCUT2D eigenvalue weighted by atomic mass is 10.1. The molecule has 0 bridgehead atoms. The molecule has 0 saturated heterocycles. The number of benzene rings is 2. The van der Waals surface area contributed by atoms with Gasteiger partial charge in [0.15, 0.2) is 0 Å². The third-order valence-electron chi connectivity index (χ3n) is 3.60. The van der Waals surface area contributed by atoms with Gasteiger partial charge in [0.25, 0.3) is 9.84 Å². The number of rotatable bonds is 4. The van der Waals surface area contributed by atoms with E-state index in [-0.39, 0.29) is 17.8 Å². The Balaban J connectivity index is 2.25. The molecule has 3 nitrogen and oxygen atoms in total. The Bertz CT molecular complexity index is 919. The van der Waals surface area contributed by atoms with Crippen molar-refractivity contribution in [2.75, 3.05) is 11.9 Å². The van der Waals surface area contributed by atoms with Crippen LogP contribution in [0.4, 0.5) is 36.4 Å². The Morgan fingerprint density at radius 1 is 0.926 bits per heavy atom. The summed E-state index contributed by atoms with van der Waals surface area (Å²) in [5.41, 5.74) is -6.40. The highest BCUT2D eigenvalue weighted by atomic mass is 32.2. The Morgan fingerprint density at radius 2 is 1.48 bits per heavy atom. The predicted octanol–water partition coefficient (Wildman–Crippen LogP) is 4.77. The third-order valence-corrected chi connectivity index (χ3v) is 5.10. The van der Waals surface area contributed by atoms with Gasteiger partial charge in [-0.1, -0.05) is 0 Å². The molecule has 0 spiro atoms. The van der Waals surface area contributed by atoms with Crippen LogP contribution in [-0.2, 0) is 22.6 Å². The van der Waals surface area contributed by atoms with Crippen molar-refractivity contribution in [1.29, 1.82) is 0 Å². The smallest absolute Gasteiger partial charge is 0.370 e. The lowest BCUT2D eigenvalue weighted by molar-refractivity contribution is -0.137. The van der Waals surface area contributed by atoms with Crippen LogP contribution in [0.3, 0.4) is 0 Å². The average Bonchev–Trinajstić information content (AvgIpc) is 2.52. The Labute approximate surface area is 149 Å². The fraction of sp³-hybridized carbons (Fsp3) is 0.250. The van der Waals surface area contributed by atoms with Gasteiger partial charge in [-0.15, -0.1) is 0 Å². The summed E-state index contributed by atoms with van der Waals surface area (Å²) in [4.78, 5) is 0.371. The van der Waals surface area contributed by atoms with Crippen molar-refractivity contribution >= 4 is 15.5 Å². The molecule has 0 aliphatic heterocycles. The summed E-state index contributed by atoms with van der Waals surface area (Å²) < 4.78 is 112. The van der Waals surface area contributed by atoms with Crippen LogP contribution in [0.15, 0.2) is 47.4 Å². The molecule has 0 heterocycles. The van der Waals surface area contributed by atoms with Crippen molar-refractivity contribution in [2.24, 2.45) is 0 Å². The van der Waals surface area contributed by atoms with Crippen molar-refractivity contribution in [1.82, 2.24) is 0 Å². The number of sulfone groups is 1. The number of anilines is 1. The molecule has 148 valence electrons. The average molecular weight is 415 g/mol. The highest BCUT2D eigenvalue weighted by Crippen LogP contribution is 2.32. The SMILES string of the molecule is CN(Cc1cc(F)cc(C(F)(F)F)c1)c1ccc(S(=O)(=O)C(F)(F)F)cc1. The summed E-state index contributed by atoms with van der Waals surface area (Å²) in [5, 5.41) is 0. The van der Waals surface area contributed by atoms with E-state index in [0.717, 1.165) is 36.4 Å². The maximum atomic E-state index is 13.4. The molecule has 0 saturated carbocycles. The zero-order valence-electron chi connectivity index (χ0n) is 13.6. The van der Waals surface area contributed by atoms with Crippen molar-refractivity contribution in [3.8, 4) is 0 Å². The summed E-state index contributed by atoms with van der Waals surface area (Å²) in [7, 11) is -4.09. The van der Waals surface area contributed by atoms with Crippen LogP contribution >= 0.6 is 0 Å². The normalized spacial score (nSPS) is 12.9. The van der Waals surface area contributed by atoms with Crippen LogP contribution in [0.25, 0.3) is 0 Å². The predicted molar refractivity (Wildman–Crippen MR) is 83.2 cm³/mol. The van der Waals surface area contributed by atoms with Crippen molar-refractivity contribution in [2.45, 2.75) is 23.1 Å². The molecule has 0 N–H and O–H groups in total. The van der Waals surface area contributed by atoms with E-state index in [1.165, 1.54) is 11.9 Å². The van der Waals surface area contributed by atoms with Crippen LogP contribution in [0.5, 0.6) is 0 Å². The lowest BCUT2D eigenvalue weighted by Gasteiger charge is -2.20. The van der Waals surface area contributed by atoms with E-state index < -0.39 is 37.8 Å². The minimum absolute atomic E-state index is 0.0168. The van der Waals surface area contributed by atoms with E-state index in [9.17, 15) is 39.2 Å². The standard InChI is InChI=1S/C16H12F7NO2S/c1-24(9-10-6-11(15(18,19)20)8-12(17)7-10)13-2-4-14(5-3-13)27(25,26)16(21,22)23/h2-8H,9H2,1H3. The van der Waals surface area contributed by atoms with Gasteiger partial charge in [0.2, 0.25) is 0 Å². The Hall–Kier alpha value is -2.30. The number of hydrogen-bond donors (Lipinski definition) is 0. The van der Waals surface area contributed by atoms with Crippen LogP contribution < -0.4 is 4.90 Å². The minimum Gasteiger partial charge on any atom is -0.370 e. The van der Waals surface area contributed by atoms with Gasteiger partial charge >= 0.3 is 11.7 Å². The van der Waals surface area contributed by atoms with Crippen LogP contribution in [0, 0.1) is 5.82 Å². The molecule has 0 radical (unpaired) electrons. The number of alkyl halides is 6. The molecule has 0 aliphatic rings. The van der Waals surface area contributed by atoms with Crippen LogP contribution in [-0.4, -0.2) is 21.0 Å². The van der Waals surface area contributed by atoms with Crippen molar-refractivity contribution < 1.29 is 39.2 Å². The first-order valence-electron chi connectivity index (χ1n) is 7.21. The van der Waals surface area contributed by atoms with Gasteiger partial charge in [0, 0.05) is 19.3 Å². The molecule has 0 fully saturated rings. The molecule has 0 aromatic heterocycles. The van der Waals surface area contributed by atoms with E-state index in [4.69, 9.17) is 0 Å². The van der Waals surface area contributed by atoms with Crippen molar-refractivity contribution in [3.63, 3.8) is 0 Å². The van der Waals surface area contributed by atoms with Crippen LogP contribution in [0.2, 0.25) is 0 Å². The second-order valence-electron chi connectivity index (χ2n) is 5.65. The van der Waals surface area contributed by atoms with E-state index in [1.54, 1.807) is 0 Å². The largest absolute Gasteiger partial charge is 0.501 e. The fourth-order valence-electron chi connectivity index (χ4n) is 2.28. The first-order chi connectivity index (χ1) is 12.2. The van der Waals surface area contributed by atoms with Crippen molar-refractivity contribution in [3.05, 3.63) is 59.4 Å². The number of nitrogens with zero attached hydrogens (tertiary/aromatic N) is 1. The highest BCUT2D eigenvalue weighted by molar-refractivity contribution is 7.92. The van der Waals surface area contributed by atoms with Gasteiger partial charge in [0.05, 0.1) is 10.5 Å². The molecule has 27 heavy (non-hydrogen) atoms. The van der Waals surface area contributed by atoms with Gasteiger partial charge in [-0.05, 0) is 48.0 Å². The summed E-state index contributed by atoms with van der Waals surface area (Å²) in [6.45, 7) is -0.188. The zero-order chi connectivity index (χ0) is 20.6. The molecule has 11 heteroatoms. The molecular formula is C16H12F7NO2S. The fourth-order valence-corrected chi connectivity index (χ4v) is 3.05. The summed E-state index contributed by atoms with van der Waals surface area (Å²) in [5.74, 6) is -1.08. The van der Waals surface area contributed by atoms with E-state index in [0.29, 0.717) is 6.07 Å². The topological polar surface area (TPSA) is 37.4 Å². The second kappa shape index (κ2) is 7.02. The lowest BCUT2D eigenvalue weighted by Crippen LogP contribution is -2.23. The van der Waals surface area contributed by atoms with Gasteiger partial charge in [-0.2, -0.15) is 26.3 Å². The first-order valence-corrected chi connectivity index (χ1v) is 8.69. The molecule has 2 rings (SSSR count). The number of hydrogen-bond acceptors (Lipinski definition) is 3. The van der Waals surface area contributed by atoms with Gasteiger partial charge < -0.3 is 4.90 Å². The number of halogens is 7. The van der Waals surface area contributed by atoms with Gasteiger partial charge in [-0.3, -0.25) is 0 Å². The Kier molecular flexibility index (Phi) is 5.46. The molecule has 0 amide bonds. The first kappa shape index (κ1) is 21.0. The van der Waals surface area contributed by atoms with E-state index in [1.807, 2.05) is 0 Å². The monoisotopic (exact) mass is 415 g/mol. The molecule has 0 aliphatic carbocycles. The molecule has 0 atom stereocenters. The third kappa shape index (κ3) is 4.71. The summed E-state index contributed by atoms with van der Waals surface area (Å²) in [6, 6.07) is 5.62. The van der Waals surface area contributed by atoms with E-state index >= 15 is 0 Å². The Morgan fingerprint density at radius 3 is 1.96 bits per heavy atom. The minimum atomic E-state index is -5.50. The molecular weight excluding hydrogens is 403 g/mol. The zero-order valence-corrected chi connectivity index (χ0v) is 14.4. The summed E-state index contributed by atoms with van der Waals surface area (Å²) >= 11 is 0. The molecule has 2 aromatic rings. The molecule has 0 unspecified atom stereocenters. The summed E-state index contributed by atoms with van der Waals surface area (Å²) in [6.07, 6.45) is -4.73. The van der Waals surface area contributed by atoms with Gasteiger partial charge in [0.1, 0.15) is 5.82 Å². The maximum absolute atomic E-state index is 13.4. The van der Waals surface area contributed by atoms with Gasteiger partial charge in [-0.25, -0.2) is 12.8 Å². The van der Waals surface area contributed by atoms with E-state index in [2.05, 4.69) is 0 Å².